The molecule has 224 valence electrons. The van der Waals surface area contributed by atoms with Crippen LogP contribution in [0.15, 0.2) is 36.4 Å². The molecule has 0 aromatic heterocycles. The first-order valence-corrected chi connectivity index (χ1v) is 14.0. The number of hydrogen-bond donors (Lipinski definition) is 0. The van der Waals surface area contributed by atoms with Crippen molar-refractivity contribution in [3.63, 3.8) is 0 Å². The molecule has 0 fully saturated rings. The summed E-state index contributed by atoms with van der Waals surface area (Å²) in [6.07, 6.45) is 4.54. The first-order chi connectivity index (χ1) is 19.2. The summed E-state index contributed by atoms with van der Waals surface area (Å²) < 4.78 is 28.0. The van der Waals surface area contributed by atoms with Crippen LogP contribution in [0.5, 0.6) is 17.2 Å². The Hall–Kier alpha value is -3.81. The van der Waals surface area contributed by atoms with Crippen LogP contribution in [0.1, 0.15) is 89.4 Å². The van der Waals surface area contributed by atoms with Crippen LogP contribution in [-0.4, -0.2) is 37.9 Å². The molecule has 0 spiro atoms. The van der Waals surface area contributed by atoms with Crippen molar-refractivity contribution >= 4 is 23.8 Å². The van der Waals surface area contributed by atoms with Gasteiger partial charge in [-0.2, -0.15) is 0 Å². The molecule has 0 aliphatic heterocycles. The summed E-state index contributed by atoms with van der Waals surface area (Å²) in [4.78, 5) is 37.3. The lowest BCUT2D eigenvalue weighted by molar-refractivity contribution is -0.160. The van der Waals surface area contributed by atoms with Gasteiger partial charge in [0.2, 0.25) is 13.6 Å². The molecular formula is C33H44O8. The Balaban J connectivity index is 2.29. The van der Waals surface area contributed by atoms with E-state index in [1.54, 1.807) is 71.9 Å². The summed E-state index contributed by atoms with van der Waals surface area (Å²) in [5.74, 6) is 0.625. The standard InChI is InChI=1S/C33H44O8/c1-10-22-19-23(11-2)29(39-21-41-31(36)33(7,8)9)26(28(22)37-12-3)17-18-27(34)24-13-15-25(16-14-24)38-20-40-30(35)32(4,5)6/h13-19H,10-12,20-21H2,1-9H3/b18-17+. The summed E-state index contributed by atoms with van der Waals surface area (Å²) in [5.41, 5.74) is 1.68. The predicted molar refractivity (Wildman–Crippen MR) is 158 cm³/mol. The molecule has 0 bridgehead atoms. The Morgan fingerprint density at radius 2 is 1.20 bits per heavy atom. The summed E-state index contributed by atoms with van der Waals surface area (Å²) in [7, 11) is 0. The van der Waals surface area contributed by atoms with E-state index in [1.165, 1.54) is 6.08 Å². The van der Waals surface area contributed by atoms with Crippen molar-refractivity contribution in [3.05, 3.63) is 58.7 Å². The Kier molecular flexibility index (Phi) is 12.0. The zero-order chi connectivity index (χ0) is 30.8. The van der Waals surface area contributed by atoms with Gasteiger partial charge in [0.1, 0.15) is 17.2 Å². The third-order valence-electron chi connectivity index (χ3n) is 6.05. The number of carbonyl (C=O) groups excluding carboxylic acids is 3. The van der Waals surface area contributed by atoms with Crippen LogP contribution >= 0.6 is 0 Å². The normalized spacial score (nSPS) is 11.7. The van der Waals surface area contributed by atoms with Crippen LogP contribution in [-0.2, 0) is 31.9 Å². The molecule has 0 heterocycles. The minimum Gasteiger partial charge on any atom is -0.493 e. The van der Waals surface area contributed by atoms with E-state index >= 15 is 0 Å². The molecule has 0 unspecified atom stereocenters. The lowest BCUT2D eigenvalue weighted by atomic mass is 9.97. The fourth-order valence-corrected chi connectivity index (χ4v) is 3.65. The van der Waals surface area contributed by atoms with Crippen molar-refractivity contribution in [2.24, 2.45) is 10.8 Å². The minimum absolute atomic E-state index is 0.217. The molecule has 2 rings (SSSR count). The Bertz CT molecular complexity index is 1230. The SMILES string of the molecule is CCOc1c(CC)cc(CC)c(OCOC(=O)C(C)(C)C)c1/C=C/C(=O)c1ccc(OCOC(=O)C(C)(C)C)cc1. The zero-order valence-electron chi connectivity index (χ0n) is 25.8. The molecule has 0 aliphatic carbocycles. The molecule has 0 radical (unpaired) electrons. The topological polar surface area (TPSA) is 97.4 Å². The maximum atomic E-state index is 13.1. The van der Waals surface area contributed by atoms with Gasteiger partial charge in [0.05, 0.1) is 23.0 Å². The summed E-state index contributed by atoms with van der Waals surface area (Å²) in [5, 5.41) is 0. The van der Waals surface area contributed by atoms with E-state index in [0.717, 1.165) is 17.5 Å². The van der Waals surface area contributed by atoms with E-state index in [9.17, 15) is 14.4 Å². The molecule has 2 aromatic carbocycles. The minimum atomic E-state index is -0.661. The molecule has 0 saturated heterocycles. The molecule has 0 aliphatic rings. The average molecular weight is 569 g/mol. The highest BCUT2D eigenvalue weighted by molar-refractivity contribution is 6.07. The Morgan fingerprint density at radius 1 is 0.707 bits per heavy atom. The lowest BCUT2D eigenvalue weighted by Gasteiger charge is -2.21. The van der Waals surface area contributed by atoms with Gasteiger partial charge in [0.15, 0.2) is 5.78 Å². The van der Waals surface area contributed by atoms with Crippen molar-refractivity contribution < 1.29 is 38.1 Å². The third kappa shape index (κ3) is 9.66. The Labute approximate surface area is 244 Å². The quantitative estimate of drug-likeness (QED) is 0.111. The molecule has 0 atom stereocenters. The molecule has 8 heteroatoms. The van der Waals surface area contributed by atoms with Crippen LogP contribution in [0, 0.1) is 10.8 Å². The fourth-order valence-electron chi connectivity index (χ4n) is 3.65. The van der Waals surface area contributed by atoms with Crippen molar-refractivity contribution in [1.29, 1.82) is 0 Å². The predicted octanol–water partition coefficient (Wildman–Crippen LogP) is 6.96. The van der Waals surface area contributed by atoms with Crippen molar-refractivity contribution in [2.75, 3.05) is 20.2 Å². The number of hydrogen-bond acceptors (Lipinski definition) is 8. The van der Waals surface area contributed by atoms with Gasteiger partial charge in [-0.25, -0.2) is 0 Å². The maximum absolute atomic E-state index is 13.1. The third-order valence-corrected chi connectivity index (χ3v) is 6.05. The van der Waals surface area contributed by atoms with Crippen LogP contribution < -0.4 is 14.2 Å². The van der Waals surface area contributed by atoms with E-state index in [4.69, 9.17) is 23.7 Å². The van der Waals surface area contributed by atoms with E-state index in [-0.39, 0.29) is 31.3 Å². The number of esters is 2. The van der Waals surface area contributed by atoms with Crippen molar-refractivity contribution in [2.45, 2.75) is 75.2 Å². The zero-order valence-corrected chi connectivity index (χ0v) is 25.8. The second-order valence-electron chi connectivity index (χ2n) is 11.5. The number of ether oxygens (including phenoxy) is 5. The Morgan fingerprint density at radius 3 is 1.66 bits per heavy atom. The summed E-state index contributed by atoms with van der Waals surface area (Å²) >= 11 is 0. The number of aryl methyl sites for hydroxylation is 2. The van der Waals surface area contributed by atoms with Gasteiger partial charge in [-0.05, 0) is 115 Å². The number of benzene rings is 2. The molecule has 2 aromatic rings. The number of allylic oxidation sites excluding steroid dienone is 1. The largest absolute Gasteiger partial charge is 0.493 e. The highest BCUT2D eigenvalue weighted by Gasteiger charge is 2.25. The van der Waals surface area contributed by atoms with E-state index < -0.39 is 10.8 Å². The van der Waals surface area contributed by atoms with Gasteiger partial charge in [0.25, 0.3) is 0 Å². The maximum Gasteiger partial charge on any atom is 0.314 e. The summed E-state index contributed by atoms with van der Waals surface area (Å²) in [6.45, 7) is 16.5. The first kappa shape index (κ1) is 33.4. The number of ketones is 1. The first-order valence-electron chi connectivity index (χ1n) is 14.0. The smallest absolute Gasteiger partial charge is 0.314 e. The van der Waals surface area contributed by atoms with Gasteiger partial charge < -0.3 is 23.7 Å². The molecule has 8 nitrogen and oxygen atoms in total. The van der Waals surface area contributed by atoms with Crippen molar-refractivity contribution in [1.82, 2.24) is 0 Å². The molecule has 41 heavy (non-hydrogen) atoms. The molecule has 0 N–H and O–H groups in total. The van der Waals surface area contributed by atoms with Gasteiger partial charge in [-0.1, -0.05) is 13.8 Å². The van der Waals surface area contributed by atoms with Crippen LogP contribution in [0.25, 0.3) is 6.08 Å². The average Bonchev–Trinajstić information content (AvgIpc) is 2.91. The van der Waals surface area contributed by atoms with Crippen LogP contribution in [0.3, 0.4) is 0 Å². The molecule has 0 saturated carbocycles. The number of carbonyl (C=O) groups is 3. The highest BCUT2D eigenvalue weighted by atomic mass is 16.7. The molecule has 0 amide bonds. The van der Waals surface area contributed by atoms with Gasteiger partial charge in [-0.3, -0.25) is 14.4 Å². The molecular weight excluding hydrogens is 524 g/mol. The lowest BCUT2D eigenvalue weighted by Crippen LogP contribution is -2.25. The highest BCUT2D eigenvalue weighted by Crippen LogP contribution is 2.38. The fraction of sp³-hybridized carbons (Fsp3) is 0.485. The summed E-state index contributed by atoms with van der Waals surface area (Å²) in [6, 6.07) is 8.59. The van der Waals surface area contributed by atoms with Gasteiger partial charge in [0, 0.05) is 5.56 Å². The second-order valence-corrected chi connectivity index (χ2v) is 11.5. The van der Waals surface area contributed by atoms with E-state index in [1.807, 2.05) is 26.8 Å². The van der Waals surface area contributed by atoms with Crippen LogP contribution in [0.2, 0.25) is 0 Å². The van der Waals surface area contributed by atoms with E-state index in [0.29, 0.717) is 41.4 Å². The monoisotopic (exact) mass is 568 g/mol. The van der Waals surface area contributed by atoms with Crippen LogP contribution in [0.4, 0.5) is 0 Å². The number of rotatable bonds is 13. The van der Waals surface area contributed by atoms with E-state index in [2.05, 4.69) is 0 Å². The van der Waals surface area contributed by atoms with Gasteiger partial charge in [-0.15, -0.1) is 0 Å². The van der Waals surface area contributed by atoms with Crippen molar-refractivity contribution in [3.8, 4) is 17.2 Å². The van der Waals surface area contributed by atoms with Gasteiger partial charge >= 0.3 is 11.9 Å². The second kappa shape index (κ2) is 14.7.